The van der Waals surface area contributed by atoms with Crippen LogP contribution in [0.2, 0.25) is 20.1 Å². The van der Waals surface area contributed by atoms with E-state index in [1.165, 1.54) is 58.1 Å². The van der Waals surface area contributed by atoms with Crippen LogP contribution in [0.25, 0.3) is 0 Å². The number of rotatable bonds is 14. The van der Waals surface area contributed by atoms with E-state index in [9.17, 15) is 36.0 Å². The summed E-state index contributed by atoms with van der Waals surface area (Å²) in [4.78, 5) is 83.8. The first-order valence-electron chi connectivity index (χ1n) is 26.5. The maximum atomic E-state index is 15.1. The van der Waals surface area contributed by atoms with Crippen LogP contribution >= 0.6 is 78.3 Å². The molecule has 0 radical (unpaired) electrons. The largest absolute Gasteiger partial charge is 0.344 e. The van der Waals surface area contributed by atoms with Gasteiger partial charge in [0, 0.05) is 107 Å². The number of nitrogens with zero attached hydrogens (tertiary/aromatic N) is 10. The first-order chi connectivity index (χ1) is 39.3. The number of aromatic nitrogens is 4. The standard InChI is InChI=1S/C55H53Br2Cl4N11O9S2/c1-32(48(74)65-14-18-67(19-15-65)82(78,79)46-30-62-52-69(39-24-37(58)23-38(59)25-39)50(76)54(2,71(46)52)28-33-4-8-35(56)9-5-33)22-41-42(60)26-40(27-43(41)61)70-51(77)55(3,29-34-6-10-36(57)11-7-34)72-47(31-63-53(70)72)83(80,81)68-20-16-66(17-21-68)49(75)44-12-13-45(73)64-44/h4-11,23-27,30-32,44H,12-22,28-29H2,1-3H3,(H,64,73)/t32?,44?,54-,55-/m1/s1. The topological polar surface area (TPSA) is 221 Å². The average Bonchev–Trinajstić information content (AvgIpc) is 1.93. The second-order valence-corrected chi connectivity index (χ2v) is 28.9. The highest BCUT2D eigenvalue weighted by Gasteiger charge is 2.54. The number of anilines is 4. The number of carbonyl (C=O) groups is 5. The molecule has 2 unspecified atom stereocenters. The van der Waals surface area contributed by atoms with Crippen molar-refractivity contribution >= 4 is 151 Å². The number of sulfonamides is 2. The lowest BCUT2D eigenvalue weighted by Crippen LogP contribution is -2.54. The molecular formula is C55H53Br2Cl4N11O9S2. The number of imidazole rings is 2. The Hall–Kier alpha value is -5.41. The summed E-state index contributed by atoms with van der Waals surface area (Å²) >= 11 is 33.8. The van der Waals surface area contributed by atoms with E-state index in [2.05, 4.69) is 47.1 Å². The summed E-state index contributed by atoms with van der Waals surface area (Å²) in [7, 11) is -8.67. The molecule has 436 valence electrons. The van der Waals surface area contributed by atoms with Gasteiger partial charge in [-0.25, -0.2) is 36.6 Å². The quantitative estimate of drug-likeness (QED) is 0.109. The maximum absolute atomic E-state index is 15.1. The van der Waals surface area contributed by atoms with E-state index in [4.69, 9.17) is 46.4 Å². The van der Waals surface area contributed by atoms with Crippen LogP contribution in [-0.4, -0.2) is 142 Å². The number of benzene rings is 4. The van der Waals surface area contributed by atoms with Gasteiger partial charge in [0.25, 0.3) is 31.9 Å². The van der Waals surface area contributed by atoms with Crippen LogP contribution in [0.5, 0.6) is 0 Å². The summed E-state index contributed by atoms with van der Waals surface area (Å²) in [6.45, 7) is 5.13. The smallest absolute Gasteiger partial charge is 0.260 e. The van der Waals surface area contributed by atoms with Crippen LogP contribution < -0.4 is 15.1 Å². The van der Waals surface area contributed by atoms with Crippen molar-refractivity contribution in [1.29, 1.82) is 0 Å². The zero-order chi connectivity index (χ0) is 59.2. The number of nitrogens with one attached hydrogen (secondary N) is 1. The summed E-state index contributed by atoms with van der Waals surface area (Å²) in [5, 5.41) is 3.05. The fraction of sp³-hybridized carbons (Fsp3) is 0.364. The Bertz CT molecular complexity index is 3850. The highest BCUT2D eigenvalue weighted by atomic mass is 79.9. The van der Waals surface area contributed by atoms with Crippen LogP contribution in [0, 0.1) is 5.92 Å². The maximum Gasteiger partial charge on any atom is 0.260 e. The number of halogens is 6. The number of fused-ring (bicyclic) bond motifs is 2. The molecule has 4 aromatic carbocycles. The molecule has 0 bridgehead atoms. The van der Waals surface area contributed by atoms with Gasteiger partial charge in [0.05, 0.1) is 23.8 Å². The number of amides is 5. The third kappa shape index (κ3) is 10.7. The predicted octanol–water partition coefficient (Wildman–Crippen LogP) is 8.31. The Morgan fingerprint density at radius 2 is 1.06 bits per heavy atom. The lowest BCUT2D eigenvalue weighted by molar-refractivity contribution is -0.136. The van der Waals surface area contributed by atoms with Crippen LogP contribution in [0.3, 0.4) is 0 Å². The van der Waals surface area contributed by atoms with Gasteiger partial charge in [-0.2, -0.15) is 8.61 Å². The molecule has 3 saturated heterocycles. The summed E-state index contributed by atoms with van der Waals surface area (Å²) in [5.41, 5.74) is -0.583. The molecule has 4 atom stereocenters. The number of hydrogen-bond acceptors (Lipinski definition) is 11. The summed E-state index contributed by atoms with van der Waals surface area (Å²) in [6.07, 6.45) is 3.33. The minimum absolute atomic E-state index is 0.00860. The molecule has 0 aliphatic carbocycles. The Labute approximate surface area is 515 Å². The molecule has 20 nitrogen and oxygen atoms in total. The van der Waals surface area contributed by atoms with Crippen LogP contribution in [-0.2, 0) is 74.4 Å². The molecule has 5 aliphatic rings. The van der Waals surface area contributed by atoms with Gasteiger partial charge in [-0.3, -0.25) is 33.1 Å². The van der Waals surface area contributed by atoms with Crippen molar-refractivity contribution in [3.63, 3.8) is 0 Å². The van der Waals surface area contributed by atoms with Crippen molar-refractivity contribution in [3.8, 4) is 0 Å². The SMILES string of the molecule is CC(Cc1c(Cl)cc(N2C(=O)[C@@](C)(Cc3ccc(Br)cc3)n3c(S(=O)(=O)N4CCN(C(=O)C5CCC(=O)N5)CC4)cnc32)cc1Cl)C(=O)N1CCN(S(=O)(=O)c2cnc3n2[C@](C)(Cc2ccc(Br)cc2)C(=O)N3c2cc(Cl)cc(Cl)c2)CC1. The molecule has 2 aromatic heterocycles. The van der Waals surface area contributed by atoms with Crippen molar-refractivity contribution in [1.82, 2.24) is 42.8 Å². The Kier molecular flexibility index (Phi) is 16.1. The zero-order valence-electron chi connectivity index (χ0n) is 44.7. The molecule has 6 aromatic rings. The summed E-state index contributed by atoms with van der Waals surface area (Å²) < 4.78 is 66.0. The molecule has 7 heterocycles. The number of piperazine rings is 2. The molecule has 1 N–H and O–H groups in total. The normalized spacial score (nSPS) is 21.9. The third-order valence-corrected chi connectivity index (χ3v) is 22.0. The minimum atomic E-state index is -4.33. The number of carbonyl (C=O) groups excluding carboxylic acids is 5. The van der Waals surface area contributed by atoms with Gasteiger partial charge in [0.2, 0.25) is 29.6 Å². The second-order valence-electron chi connectivity index (χ2n) is 21.6. The fourth-order valence-electron chi connectivity index (χ4n) is 11.8. The van der Waals surface area contributed by atoms with Crippen molar-refractivity contribution in [2.75, 3.05) is 62.2 Å². The highest BCUT2D eigenvalue weighted by molar-refractivity contribution is 9.10. The van der Waals surface area contributed by atoms with Crippen LogP contribution in [0.15, 0.2) is 110 Å². The molecule has 0 spiro atoms. The summed E-state index contributed by atoms with van der Waals surface area (Å²) in [5.74, 6) is -2.32. The van der Waals surface area contributed by atoms with E-state index in [-0.39, 0.29) is 143 Å². The molecule has 5 amide bonds. The van der Waals surface area contributed by atoms with E-state index in [1.54, 1.807) is 42.7 Å². The monoisotopic (exact) mass is 1370 g/mol. The summed E-state index contributed by atoms with van der Waals surface area (Å²) in [6, 6.07) is 21.7. The molecule has 0 saturated carbocycles. The molecule has 3 fully saturated rings. The number of hydrogen-bond donors (Lipinski definition) is 1. The van der Waals surface area contributed by atoms with Crippen molar-refractivity contribution in [2.24, 2.45) is 5.92 Å². The molecule has 28 heteroatoms. The van der Waals surface area contributed by atoms with Gasteiger partial charge >= 0.3 is 0 Å². The Balaban J connectivity index is 0.806. The van der Waals surface area contributed by atoms with Gasteiger partial charge in [-0.1, -0.05) is 109 Å². The van der Waals surface area contributed by atoms with Crippen molar-refractivity contribution < 1.29 is 40.8 Å². The lowest BCUT2D eigenvalue weighted by Gasteiger charge is -2.36. The first-order valence-corrected chi connectivity index (χ1v) is 32.4. The molecule has 83 heavy (non-hydrogen) atoms. The van der Waals surface area contributed by atoms with Gasteiger partial charge in [-0.15, -0.1) is 0 Å². The second kappa shape index (κ2) is 22.5. The van der Waals surface area contributed by atoms with E-state index in [0.29, 0.717) is 17.7 Å². The average molecular weight is 1380 g/mol. The Morgan fingerprint density at radius 3 is 1.48 bits per heavy atom. The van der Waals surface area contributed by atoms with Crippen LogP contribution in [0.4, 0.5) is 23.3 Å². The van der Waals surface area contributed by atoms with Gasteiger partial charge in [-0.05, 0) is 98.0 Å². The Morgan fingerprint density at radius 1 is 0.639 bits per heavy atom. The van der Waals surface area contributed by atoms with Gasteiger partial charge in [0.15, 0.2) is 10.1 Å². The van der Waals surface area contributed by atoms with Crippen molar-refractivity contribution in [2.45, 2.75) is 80.0 Å². The van der Waals surface area contributed by atoms with E-state index in [1.807, 2.05) is 48.5 Å². The van der Waals surface area contributed by atoms with Crippen LogP contribution in [0.1, 0.15) is 50.3 Å². The zero-order valence-corrected chi connectivity index (χ0v) is 52.6. The predicted molar refractivity (Wildman–Crippen MR) is 319 cm³/mol. The molecule has 5 aliphatic heterocycles. The molecular weight excluding hydrogens is 1320 g/mol. The minimum Gasteiger partial charge on any atom is -0.344 e. The fourth-order valence-corrected chi connectivity index (χ4v) is 16.6. The van der Waals surface area contributed by atoms with E-state index >= 15 is 4.79 Å². The third-order valence-electron chi connectivity index (χ3n) is 16.1. The van der Waals surface area contributed by atoms with Gasteiger partial charge in [0.1, 0.15) is 17.1 Å². The lowest BCUT2D eigenvalue weighted by atomic mass is 9.92. The highest BCUT2D eigenvalue weighted by Crippen LogP contribution is 2.48. The van der Waals surface area contributed by atoms with Gasteiger partial charge < -0.3 is 15.1 Å². The van der Waals surface area contributed by atoms with Crippen molar-refractivity contribution in [3.05, 3.63) is 137 Å². The van der Waals surface area contributed by atoms with E-state index in [0.717, 1.165) is 20.1 Å². The van der Waals surface area contributed by atoms with E-state index < -0.39 is 54.9 Å². The first kappa shape index (κ1) is 59.3. The molecule has 11 rings (SSSR count).